The lowest BCUT2D eigenvalue weighted by Crippen LogP contribution is -2.05. The second-order valence-corrected chi connectivity index (χ2v) is 2.83. The van der Waals surface area contributed by atoms with E-state index in [4.69, 9.17) is 5.11 Å². The Bertz CT molecular complexity index is 354. The van der Waals surface area contributed by atoms with Crippen molar-refractivity contribution in [3.63, 3.8) is 0 Å². The van der Waals surface area contributed by atoms with Crippen LogP contribution in [0.2, 0.25) is 0 Å². The van der Waals surface area contributed by atoms with E-state index in [0.717, 1.165) is 6.07 Å². The highest BCUT2D eigenvalue weighted by molar-refractivity contribution is 5.49. The van der Waals surface area contributed by atoms with Crippen molar-refractivity contribution in [2.45, 2.75) is 6.92 Å². The van der Waals surface area contributed by atoms with Crippen molar-refractivity contribution >= 4 is 5.69 Å². The Hall–Kier alpha value is -1.49. The molecule has 14 heavy (non-hydrogen) atoms. The summed E-state index contributed by atoms with van der Waals surface area (Å²) in [7, 11) is 0. The average molecular weight is 198 g/mol. The highest BCUT2D eigenvalue weighted by atomic mass is 19.1. The lowest BCUT2D eigenvalue weighted by molar-refractivity contribution is -0.388. The van der Waals surface area contributed by atoms with Crippen LogP contribution in [0, 0.1) is 21.8 Å². The van der Waals surface area contributed by atoms with E-state index in [0.29, 0.717) is 5.92 Å². The van der Waals surface area contributed by atoms with Gasteiger partial charge in [0.2, 0.25) is 5.82 Å². The maximum atomic E-state index is 13.1. The molecule has 1 radical (unpaired) electrons. The topological polar surface area (TPSA) is 63.4 Å². The fraction of sp³-hybridized carbons (Fsp3) is 0.222. The third-order valence-corrected chi connectivity index (χ3v) is 1.87. The normalized spacial score (nSPS) is 10.6. The summed E-state index contributed by atoms with van der Waals surface area (Å²) >= 11 is 0. The van der Waals surface area contributed by atoms with Gasteiger partial charge in [0.15, 0.2) is 0 Å². The molecule has 0 aliphatic carbocycles. The maximum Gasteiger partial charge on any atom is 0.308 e. The first-order valence-corrected chi connectivity index (χ1v) is 3.94. The van der Waals surface area contributed by atoms with E-state index >= 15 is 0 Å². The van der Waals surface area contributed by atoms with E-state index in [1.54, 1.807) is 0 Å². The molecule has 0 heterocycles. The number of halogens is 1. The molecule has 0 atom stereocenters. The van der Waals surface area contributed by atoms with Crippen molar-refractivity contribution in [2.24, 2.45) is 0 Å². The van der Waals surface area contributed by atoms with E-state index in [2.05, 4.69) is 0 Å². The Labute approximate surface area is 80.1 Å². The minimum atomic E-state index is -0.889. The number of benzene rings is 1. The van der Waals surface area contributed by atoms with E-state index in [9.17, 15) is 14.5 Å². The van der Waals surface area contributed by atoms with Crippen LogP contribution >= 0.6 is 0 Å². The monoisotopic (exact) mass is 198 g/mol. The van der Waals surface area contributed by atoms with Crippen molar-refractivity contribution in [3.05, 3.63) is 45.6 Å². The highest BCUT2D eigenvalue weighted by Crippen LogP contribution is 2.27. The molecule has 0 saturated carbocycles. The SMILES string of the molecule is C[C](CO)c1cccc(F)c1[N+](=O)[O-]. The van der Waals surface area contributed by atoms with Crippen LogP contribution in [0.4, 0.5) is 10.1 Å². The molecule has 4 nitrogen and oxygen atoms in total. The molecular formula is C9H9FNO3. The standard InChI is InChI=1S/C9H9FNO3/c1-6(5-12)7-3-2-4-8(10)9(7)11(13)14/h2-4,12H,5H2,1H3. The Morgan fingerprint density at radius 2 is 2.29 bits per heavy atom. The molecule has 0 spiro atoms. The van der Waals surface area contributed by atoms with Gasteiger partial charge < -0.3 is 5.11 Å². The maximum absolute atomic E-state index is 13.1. The molecule has 0 amide bonds. The quantitative estimate of drug-likeness (QED) is 0.593. The Morgan fingerprint density at radius 3 is 2.79 bits per heavy atom. The average Bonchev–Trinajstić information content (AvgIpc) is 2.15. The predicted octanol–water partition coefficient (Wildman–Crippen LogP) is 1.67. The van der Waals surface area contributed by atoms with Gasteiger partial charge in [-0.3, -0.25) is 10.1 Å². The van der Waals surface area contributed by atoms with Gasteiger partial charge in [0.05, 0.1) is 11.5 Å². The zero-order valence-electron chi connectivity index (χ0n) is 7.53. The fourth-order valence-electron chi connectivity index (χ4n) is 1.13. The number of hydrogen-bond acceptors (Lipinski definition) is 3. The number of hydrogen-bond donors (Lipinski definition) is 1. The number of nitrogens with zero attached hydrogens (tertiary/aromatic N) is 1. The van der Waals surface area contributed by atoms with Crippen molar-refractivity contribution < 1.29 is 14.4 Å². The summed E-state index contributed by atoms with van der Waals surface area (Å²) in [5.74, 6) is -0.517. The van der Waals surface area contributed by atoms with Crippen LogP contribution in [0.1, 0.15) is 12.5 Å². The first kappa shape index (κ1) is 10.6. The minimum Gasteiger partial charge on any atom is -0.395 e. The summed E-state index contributed by atoms with van der Waals surface area (Å²) in [6.45, 7) is 1.19. The summed E-state index contributed by atoms with van der Waals surface area (Å²) in [6.07, 6.45) is 0. The molecule has 0 fully saturated rings. The molecular weight excluding hydrogens is 189 g/mol. The van der Waals surface area contributed by atoms with Gasteiger partial charge in [0.1, 0.15) is 0 Å². The molecule has 1 aromatic carbocycles. The smallest absolute Gasteiger partial charge is 0.308 e. The van der Waals surface area contributed by atoms with Gasteiger partial charge in [-0.1, -0.05) is 19.1 Å². The number of aliphatic hydroxyl groups is 1. The van der Waals surface area contributed by atoms with Gasteiger partial charge in [0, 0.05) is 11.5 Å². The van der Waals surface area contributed by atoms with Crippen LogP contribution in [0.5, 0.6) is 0 Å². The molecule has 0 bridgehead atoms. The van der Waals surface area contributed by atoms with Gasteiger partial charge in [0.25, 0.3) is 0 Å². The zero-order valence-corrected chi connectivity index (χ0v) is 7.53. The van der Waals surface area contributed by atoms with Crippen LogP contribution < -0.4 is 0 Å². The second-order valence-electron chi connectivity index (χ2n) is 2.83. The molecule has 5 heteroatoms. The molecule has 1 aromatic rings. The molecule has 0 saturated heterocycles. The molecule has 0 aliphatic heterocycles. The molecule has 0 aromatic heterocycles. The number of nitro benzene ring substituents is 1. The molecule has 75 valence electrons. The van der Waals surface area contributed by atoms with Gasteiger partial charge in [-0.25, -0.2) is 0 Å². The van der Waals surface area contributed by atoms with Crippen molar-refractivity contribution in [3.8, 4) is 0 Å². The van der Waals surface area contributed by atoms with Crippen LogP contribution in [0.15, 0.2) is 18.2 Å². The predicted molar refractivity (Wildman–Crippen MR) is 48.2 cm³/mol. The largest absolute Gasteiger partial charge is 0.395 e. The van der Waals surface area contributed by atoms with Crippen molar-refractivity contribution in [2.75, 3.05) is 6.61 Å². The van der Waals surface area contributed by atoms with Crippen LogP contribution in [0.3, 0.4) is 0 Å². The van der Waals surface area contributed by atoms with Crippen LogP contribution in [-0.2, 0) is 0 Å². The van der Waals surface area contributed by atoms with Gasteiger partial charge in [-0.05, 0) is 6.07 Å². The van der Waals surface area contributed by atoms with Crippen molar-refractivity contribution in [1.82, 2.24) is 0 Å². The van der Waals surface area contributed by atoms with Crippen LogP contribution in [-0.4, -0.2) is 16.6 Å². The zero-order chi connectivity index (χ0) is 10.7. The first-order valence-electron chi connectivity index (χ1n) is 3.94. The molecule has 0 aliphatic rings. The third kappa shape index (κ3) is 1.88. The van der Waals surface area contributed by atoms with E-state index in [1.165, 1.54) is 19.1 Å². The molecule has 1 N–H and O–H groups in total. The lowest BCUT2D eigenvalue weighted by atomic mass is 10.00. The summed E-state index contributed by atoms with van der Waals surface area (Å²) in [6, 6.07) is 3.80. The fourth-order valence-corrected chi connectivity index (χ4v) is 1.13. The minimum absolute atomic E-state index is 0.137. The summed E-state index contributed by atoms with van der Waals surface area (Å²) in [5, 5.41) is 19.3. The van der Waals surface area contributed by atoms with Gasteiger partial charge >= 0.3 is 5.69 Å². The number of aliphatic hydroxyl groups excluding tert-OH is 1. The third-order valence-electron chi connectivity index (χ3n) is 1.87. The van der Waals surface area contributed by atoms with Gasteiger partial charge in [-0.2, -0.15) is 4.39 Å². The van der Waals surface area contributed by atoms with E-state index in [-0.39, 0.29) is 12.2 Å². The second kappa shape index (κ2) is 4.15. The first-order chi connectivity index (χ1) is 6.57. The van der Waals surface area contributed by atoms with E-state index in [1.807, 2.05) is 0 Å². The molecule has 0 unspecified atom stereocenters. The highest BCUT2D eigenvalue weighted by Gasteiger charge is 2.23. The lowest BCUT2D eigenvalue weighted by Gasteiger charge is -2.07. The van der Waals surface area contributed by atoms with E-state index < -0.39 is 16.4 Å². The number of para-hydroxylation sites is 1. The van der Waals surface area contributed by atoms with Gasteiger partial charge in [-0.15, -0.1) is 0 Å². The Balaban J connectivity index is 3.28. The molecule has 1 rings (SSSR count). The Kier molecular flexibility index (Phi) is 3.14. The Morgan fingerprint density at radius 1 is 1.64 bits per heavy atom. The van der Waals surface area contributed by atoms with Crippen LogP contribution in [0.25, 0.3) is 0 Å². The number of nitro groups is 1. The summed E-state index contributed by atoms with van der Waals surface area (Å²) in [4.78, 5) is 9.75. The summed E-state index contributed by atoms with van der Waals surface area (Å²) in [5.41, 5.74) is -0.448. The summed E-state index contributed by atoms with van der Waals surface area (Å²) < 4.78 is 13.1. The van der Waals surface area contributed by atoms with Crippen molar-refractivity contribution in [1.29, 1.82) is 0 Å². The number of rotatable bonds is 3.